The Balaban J connectivity index is 2.53. The largest absolute Gasteiger partial charge is 0.380 e. The molecule has 1 aromatic rings. The van der Waals surface area contributed by atoms with E-state index in [4.69, 9.17) is 4.74 Å². The van der Waals surface area contributed by atoms with Gasteiger partial charge in [-0.15, -0.1) is 0 Å². The quantitative estimate of drug-likeness (QED) is 0.367. The van der Waals surface area contributed by atoms with Crippen LogP contribution in [0, 0.1) is 11.8 Å². The van der Waals surface area contributed by atoms with E-state index in [1.807, 2.05) is 31.2 Å². The molecule has 0 aliphatic heterocycles. The molecular formula is C18H21N3O2. The van der Waals surface area contributed by atoms with Crippen molar-refractivity contribution in [2.45, 2.75) is 20.5 Å². The molecule has 0 aromatic heterocycles. The van der Waals surface area contributed by atoms with Crippen LogP contribution in [0.15, 0.2) is 53.3 Å². The first-order valence-corrected chi connectivity index (χ1v) is 7.12. The molecule has 0 spiro atoms. The summed E-state index contributed by atoms with van der Waals surface area (Å²) in [5.74, 6) is 5.45. The van der Waals surface area contributed by atoms with Crippen molar-refractivity contribution < 1.29 is 9.53 Å². The first kappa shape index (κ1) is 18.2. The number of carbonyl (C=O) groups excluding carboxylic acids is 1. The molecular weight excluding hydrogens is 290 g/mol. The third-order valence-electron chi connectivity index (χ3n) is 2.59. The number of nitrogens with one attached hydrogen (secondary N) is 2. The monoisotopic (exact) mass is 311 g/mol. The van der Waals surface area contributed by atoms with Gasteiger partial charge < -0.3 is 10.1 Å². The molecule has 0 unspecified atom stereocenters. The molecule has 0 saturated carbocycles. The molecule has 120 valence electrons. The normalized spacial score (nSPS) is 11.3. The predicted molar refractivity (Wildman–Crippen MR) is 93.8 cm³/mol. The number of allylic oxidation sites excluding steroid dienone is 2. The van der Waals surface area contributed by atoms with Crippen LogP contribution >= 0.6 is 0 Å². The molecule has 0 atom stereocenters. The summed E-state index contributed by atoms with van der Waals surface area (Å²) in [6.45, 7) is 4.14. The van der Waals surface area contributed by atoms with Crippen molar-refractivity contribution in [1.29, 1.82) is 0 Å². The summed E-state index contributed by atoms with van der Waals surface area (Å²) in [4.78, 5) is 11.9. The maximum atomic E-state index is 11.9. The Morgan fingerprint density at radius 3 is 2.74 bits per heavy atom. The highest BCUT2D eigenvalue weighted by Gasteiger charge is 1.99. The van der Waals surface area contributed by atoms with E-state index < -0.39 is 0 Å². The summed E-state index contributed by atoms with van der Waals surface area (Å²) in [6, 6.07) is 7.49. The highest BCUT2D eigenvalue weighted by Crippen LogP contribution is 2.10. The van der Waals surface area contributed by atoms with Crippen molar-refractivity contribution in [3.05, 3.63) is 53.8 Å². The molecule has 1 rings (SSSR count). The second-order valence-corrected chi connectivity index (χ2v) is 4.57. The van der Waals surface area contributed by atoms with Gasteiger partial charge in [-0.2, -0.15) is 5.10 Å². The Labute approximate surface area is 137 Å². The minimum Gasteiger partial charge on any atom is -0.380 e. The van der Waals surface area contributed by atoms with Crippen molar-refractivity contribution in [3.63, 3.8) is 0 Å². The Hall–Kier alpha value is -2.84. The lowest BCUT2D eigenvalue weighted by molar-refractivity contribution is -0.111. The molecule has 0 heterocycles. The number of rotatable bonds is 6. The number of benzene rings is 1. The average molecular weight is 311 g/mol. The van der Waals surface area contributed by atoms with E-state index in [9.17, 15) is 4.79 Å². The fourth-order valence-electron chi connectivity index (χ4n) is 1.61. The van der Waals surface area contributed by atoms with Gasteiger partial charge >= 0.3 is 0 Å². The SMILES string of the molecule is C/C=N\N/C=C/C#C/C(C)=C\C(=O)Nc1ccc(COC)cc1. The van der Waals surface area contributed by atoms with Gasteiger partial charge in [-0.05, 0) is 31.5 Å². The zero-order valence-corrected chi connectivity index (χ0v) is 13.6. The van der Waals surface area contributed by atoms with Crippen LogP contribution in [-0.2, 0) is 16.1 Å². The van der Waals surface area contributed by atoms with Crippen LogP contribution in [0.4, 0.5) is 5.69 Å². The van der Waals surface area contributed by atoms with Crippen LogP contribution in [0.2, 0.25) is 0 Å². The van der Waals surface area contributed by atoms with Gasteiger partial charge in [-0.25, -0.2) is 0 Å². The Bertz CT molecular complexity index is 647. The molecule has 0 saturated heterocycles. The van der Waals surface area contributed by atoms with Crippen molar-refractivity contribution in [1.82, 2.24) is 5.43 Å². The summed E-state index contributed by atoms with van der Waals surface area (Å²) in [5, 5.41) is 6.57. The van der Waals surface area contributed by atoms with Gasteiger partial charge in [0.1, 0.15) is 0 Å². The topological polar surface area (TPSA) is 62.7 Å². The summed E-state index contributed by atoms with van der Waals surface area (Å²) in [7, 11) is 1.65. The summed E-state index contributed by atoms with van der Waals surface area (Å²) in [5.41, 5.74) is 5.12. The van der Waals surface area contributed by atoms with Crippen LogP contribution in [0.25, 0.3) is 0 Å². The number of ether oxygens (including phenoxy) is 1. The van der Waals surface area contributed by atoms with Gasteiger partial charge in [0.25, 0.3) is 0 Å². The van der Waals surface area contributed by atoms with E-state index in [0.29, 0.717) is 12.2 Å². The zero-order chi connectivity index (χ0) is 16.9. The van der Waals surface area contributed by atoms with Gasteiger partial charge in [0.05, 0.1) is 6.61 Å². The van der Waals surface area contributed by atoms with Gasteiger partial charge in [0, 0.05) is 42.9 Å². The molecule has 0 aliphatic rings. The molecule has 2 N–H and O–H groups in total. The lowest BCUT2D eigenvalue weighted by Gasteiger charge is -2.04. The molecule has 5 heteroatoms. The minimum atomic E-state index is -0.214. The highest BCUT2D eigenvalue weighted by atomic mass is 16.5. The lowest BCUT2D eigenvalue weighted by Crippen LogP contribution is -2.08. The molecule has 0 aliphatic carbocycles. The van der Waals surface area contributed by atoms with E-state index in [1.165, 1.54) is 6.08 Å². The minimum absolute atomic E-state index is 0.214. The van der Waals surface area contributed by atoms with Crippen molar-refractivity contribution in [2.75, 3.05) is 12.4 Å². The number of hydrazone groups is 1. The molecule has 0 fully saturated rings. The van der Waals surface area contributed by atoms with E-state index in [-0.39, 0.29) is 5.91 Å². The van der Waals surface area contributed by atoms with Crippen molar-refractivity contribution in [2.24, 2.45) is 5.10 Å². The zero-order valence-electron chi connectivity index (χ0n) is 13.6. The molecule has 1 aromatic carbocycles. The van der Waals surface area contributed by atoms with E-state index in [1.54, 1.807) is 32.5 Å². The predicted octanol–water partition coefficient (Wildman–Crippen LogP) is 2.83. The number of amides is 1. The number of anilines is 1. The van der Waals surface area contributed by atoms with Crippen LogP contribution in [0.3, 0.4) is 0 Å². The summed E-state index contributed by atoms with van der Waals surface area (Å²) >= 11 is 0. The van der Waals surface area contributed by atoms with E-state index >= 15 is 0 Å². The van der Waals surface area contributed by atoms with Crippen LogP contribution in [0.5, 0.6) is 0 Å². The smallest absolute Gasteiger partial charge is 0.249 e. The lowest BCUT2D eigenvalue weighted by atomic mass is 10.2. The van der Waals surface area contributed by atoms with Crippen LogP contribution < -0.4 is 10.7 Å². The fourth-order valence-corrected chi connectivity index (χ4v) is 1.61. The van der Waals surface area contributed by atoms with Gasteiger partial charge in [0.15, 0.2) is 0 Å². The standard InChI is InChI=1S/C18H21N3O2/c1-4-19-20-12-6-5-7-15(2)13-18(22)21-17-10-8-16(9-11-17)14-23-3/h4,6,8-13,20H,14H2,1-3H3,(H,21,22)/b12-6+,15-13-,19-4-. The number of nitrogens with zero attached hydrogens (tertiary/aromatic N) is 1. The fraction of sp³-hybridized carbons (Fsp3) is 0.222. The Morgan fingerprint density at radius 1 is 1.35 bits per heavy atom. The van der Waals surface area contributed by atoms with Crippen molar-refractivity contribution >= 4 is 17.8 Å². The second kappa shape index (κ2) is 10.8. The Kier molecular flexibility index (Phi) is 8.57. The maximum absolute atomic E-state index is 11.9. The highest BCUT2D eigenvalue weighted by molar-refractivity contribution is 6.00. The summed E-state index contributed by atoms with van der Waals surface area (Å²) < 4.78 is 5.04. The Morgan fingerprint density at radius 2 is 2.09 bits per heavy atom. The van der Waals surface area contributed by atoms with Gasteiger partial charge in [-0.3, -0.25) is 10.2 Å². The number of hydrogen-bond donors (Lipinski definition) is 2. The average Bonchev–Trinajstić information content (AvgIpc) is 2.53. The third kappa shape index (κ3) is 8.24. The number of methoxy groups -OCH3 is 1. The third-order valence-corrected chi connectivity index (χ3v) is 2.59. The first-order chi connectivity index (χ1) is 11.2. The van der Waals surface area contributed by atoms with Crippen LogP contribution in [-0.4, -0.2) is 19.2 Å². The van der Waals surface area contributed by atoms with Crippen molar-refractivity contribution in [3.8, 4) is 11.8 Å². The molecule has 0 bridgehead atoms. The van der Waals surface area contributed by atoms with E-state index in [2.05, 4.69) is 27.7 Å². The van der Waals surface area contributed by atoms with Gasteiger partial charge in [0.2, 0.25) is 5.91 Å². The number of carbonyl (C=O) groups is 1. The maximum Gasteiger partial charge on any atom is 0.249 e. The van der Waals surface area contributed by atoms with Gasteiger partial charge in [-0.1, -0.05) is 24.0 Å². The summed E-state index contributed by atoms with van der Waals surface area (Å²) in [6.07, 6.45) is 6.33. The molecule has 0 radical (unpaired) electrons. The first-order valence-electron chi connectivity index (χ1n) is 7.12. The molecule has 23 heavy (non-hydrogen) atoms. The van der Waals surface area contributed by atoms with Crippen LogP contribution in [0.1, 0.15) is 19.4 Å². The second-order valence-electron chi connectivity index (χ2n) is 4.57. The van der Waals surface area contributed by atoms with E-state index in [0.717, 1.165) is 11.3 Å². The molecule has 5 nitrogen and oxygen atoms in total. The number of hydrogen-bond acceptors (Lipinski definition) is 4. The molecule has 1 amide bonds.